The Morgan fingerprint density at radius 1 is 1.15 bits per heavy atom. The van der Waals surface area contributed by atoms with Gasteiger partial charge in [-0.25, -0.2) is 4.39 Å². The van der Waals surface area contributed by atoms with Gasteiger partial charge in [0.2, 0.25) is 5.82 Å². The standard InChI is InChI=1S/C17H22F2O/c1-3-11-20-15-10-9-14(16(18)17(15)19)13-7-5-12(4-2)6-8-13/h3,9-13H,4-8H2,1-2H3/b11-3+. The Kier molecular flexibility index (Phi) is 5.16. The van der Waals surface area contributed by atoms with Crippen LogP contribution in [0.4, 0.5) is 8.78 Å². The normalized spacial score (nSPS) is 23.2. The summed E-state index contributed by atoms with van der Waals surface area (Å²) in [4.78, 5) is 0. The molecule has 1 aliphatic rings. The van der Waals surface area contributed by atoms with E-state index in [0.29, 0.717) is 5.56 Å². The molecule has 1 aromatic carbocycles. The van der Waals surface area contributed by atoms with Crippen LogP contribution in [0.1, 0.15) is 57.4 Å². The van der Waals surface area contributed by atoms with E-state index in [9.17, 15) is 8.78 Å². The third kappa shape index (κ3) is 3.20. The molecule has 1 fully saturated rings. The highest BCUT2D eigenvalue weighted by Crippen LogP contribution is 2.39. The molecule has 0 atom stereocenters. The molecule has 1 aliphatic carbocycles. The van der Waals surface area contributed by atoms with Gasteiger partial charge in [-0.3, -0.25) is 0 Å². The van der Waals surface area contributed by atoms with Gasteiger partial charge >= 0.3 is 0 Å². The highest BCUT2D eigenvalue weighted by molar-refractivity contribution is 5.33. The Morgan fingerprint density at radius 3 is 2.45 bits per heavy atom. The van der Waals surface area contributed by atoms with Crippen molar-refractivity contribution in [3.63, 3.8) is 0 Å². The summed E-state index contributed by atoms with van der Waals surface area (Å²) in [6, 6.07) is 3.20. The number of hydrogen-bond acceptors (Lipinski definition) is 1. The molecule has 0 amide bonds. The summed E-state index contributed by atoms with van der Waals surface area (Å²) in [7, 11) is 0. The summed E-state index contributed by atoms with van der Waals surface area (Å²) in [5.41, 5.74) is 0.505. The maximum atomic E-state index is 14.2. The lowest BCUT2D eigenvalue weighted by Crippen LogP contribution is -2.14. The summed E-state index contributed by atoms with van der Waals surface area (Å²) in [6.07, 6.45) is 8.28. The van der Waals surface area contributed by atoms with E-state index in [1.165, 1.54) is 18.7 Å². The van der Waals surface area contributed by atoms with Gasteiger partial charge in [0.25, 0.3) is 0 Å². The molecule has 0 aliphatic heterocycles. The largest absolute Gasteiger partial charge is 0.462 e. The van der Waals surface area contributed by atoms with Gasteiger partial charge in [0.1, 0.15) is 0 Å². The molecule has 0 unspecified atom stereocenters. The fourth-order valence-electron chi connectivity index (χ4n) is 2.98. The maximum Gasteiger partial charge on any atom is 0.201 e. The van der Waals surface area contributed by atoms with Gasteiger partial charge in [-0.1, -0.05) is 25.5 Å². The third-order valence-corrected chi connectivity index (χ3v) is 4.27. The first-order valence-electron chi connectivity index (χ1n) is 7.43. The molecule has 3 heteroatoms. The van der Waals surface area contributed by atoms with Gasteiger partial charge < -0.3 is 4.74 Å². The Labute approximate surface area is 119 Å². The minimum Gasteiger partial charge on any atom is -0.462 e. The third-order valence-electron chi connectivity index (χ3n) is 4.27. The molecule has 0 heterocycles. The predicted molar refractivity (Wildman–Crippen MR) is 76.8 cm³/mol. The zero-order valence-electron chi connectivity index (χ0n) is 12.2. The number of rotatable bonds is 4. The van der Waals surface area contributed by atoms with Crippen molar-refractivity contribution in [3.8, 4) is 5.75 Å². The lowest BCUT2D eigenvalue weighted by Gasteiger charge is -2.28. The van der Waals surface area contributed by atoms with E-state index in [2.05, 4.69) is 6.92 Å². The minimum absolute atomic E-state index is 0.0494. The summed E-state index contributed by atoms with van der Waals surface area (Å²) in [6.45, 7) is 3.95. The van der Waals surface area contributed by atoms with E-state index in [0.717, 1.165) is 31.6 Å². The highest BCUT2D eigenvalue weighted by Gasteiger charge is 2.25. The second-order valence-corrected chi connectivity index (χ2v) is 5.49. The molecule has 2 rings (SSSR count). The summed E-state index contributed by atoms with van der Waals surface area (Å²) < 4.78 is 33.2. The van der Waals surface area contributed by atoms with Crippen molar-refractivity contribution in [2.75, 3.05) is 0 Å². The van der Waals surface area contributed by atoms with Crippen molar-refractivity contribution in [2.24, 2.45) is 5.92 Å². The Hall–Kier alpha value is -1.38. The minimum atomic E-state index is -0.877. The van der Waals surface area contributed by atoms with Crippen LogP contribution >= 0.6 is 0 Å². The summed E-state index contributed by atoms with van der Waals surface area (Å²) in [5.74, 6) is -0.781. The van der Waals surface area contributed by atoms with Gasteiger partial charge in [0.05, 0.1) is 6.26 Å². The summed E-state index contributed by atoms with van der Waals surface area (Å²) in [5, 5.41) is 0. The first-order chi connectivity index (χ1) is 9.67. The Balaban J connectivity index is 2.15. The first-order valence-corrected chi connectivity index (χ1v) is 7.43. The van der Waals surface area contributed by atoms with Crippen LogP contribution in [0.25, 0.3) is 0 Å². The maximum absolute atomic E-state index is 14.2. The number of ether oxygens (including phenoxy) is 1. The van der Waals surface area contributed by atoms with E-state index in [1.807, 2.05) is 0 Å². The van der Waals surface area contributed by atoms with Gasteiger partial charge in [0, 0.05) is 0 Å². The fraction of sp³-hybridized carbons (Fsp3) is 0.529. The molecule has 1 nitrogen and oxygen atoms in total. The predicted octanol–water partition coefficient (Wildman–Crippen LogP) is 5.56. The topological polar surface area (TPSA) is 9.23 Å². The Bertz CT molecular complexity index is 474. The van der Waals surface area contributed by atoms with Crippen molar-refractivity contribution < 1.29 is 13.5 Å². The number of benzene rings is 1. The number of hydrogen-bond donors (Lipinski definition) is 0. The van der Waals surface area contributed by atoms with Crippen LogP contribution in [0.3, 0.4) is 0 Å². The van der Waals surface area contributed by atoms with E-state index in [4.69, 9.17) is 4.74 Å². The molecule has 1 saturated carbocycles. The second-order valence-electron chi connectivity index (χ2n) is 5.49. The molecular formula is C17H22F2O. The van der Waals surface area contributed by atoms with Crippen molar-refractivity contribution in [2.45, 2.75) is 51.9 Å². The van der Waals surface area contributed by atoms with Gasteiger partial charge in [-0.15, -0.1) is 0 Å². The SMILES string of the molecule is C/C=C/Oc1ccc(C2CCC(CC)CC2)c(F)c1F. The average Bonchev–Trinajstić information content (AvgIpc) is 2.49. The van der Waals surface area contributed by atoms with E-state index < -0.39 is 11.6 Å². The Morgan fingerprint density at radius 2 is 1.85 bits per heavy atom. The van der Waals surface area contributed by atoms with Crippen molar-refractivity contribution in [1.29, 1.82) is 0 Å². The smallest absolute Gasteiger partial charge is 0.201 e. The van der Waals surface area contributed by atoms with Crippen LogP contribution in [0.15, 0.2) is 24.5 Å². The lowest BCUT2D eigenvalue weighted by molar-refractivity contribution is 0.311. The molecule has 0 N–H and O–H groups in total. The average molecular weight is 280 g/mol. The van der Waals surface area contributed by atoms with Gasteiger partial charge in [-0.05, 0) is 56.1 Å². The van der Waals surface area contributed by atoms with Crippen molar-refractivity contribution in [3.05, 3.63) is 41.7 Å². The van der Waals surface area contributed by atoms with Gasteiger partial charge in [0.15, 0.2) is 11.6 Å². The number of allylic oxidation sites excluding steroid dienone is 1. The molecule has 0 spiro atoms. The molecule has 1 aromatic rings. The number of halogens is 2. The monoisotopic (exact) mass is 280 g/mol. The van der Waals surface area contributed by atoms with E-state index in [-0.39, 0.29) is 11.7 Å². The van der Waals surface area contributed by atoms with Crippen LogP contribution < -0.4 is 4.74 Å². The van der Waals surface area contributed by atoms with Crippen LogP contribution in [0.5, 0.6) is 5.75 Å². The molecule has 0 bridgehead atoms. The summed E-state index contributed by atoms with van der Waals surface area (Å²) >= 11 is 0. The molecule has 0 saturated heterocycles. The van der Waals surface area contributed by atoms with Crippen LogP contribution in [0, 0.1) is 17.6 Å². The molecule has 110 valence electrons. The van der Waals surface area contributed by atoms with E-state index >= 15 is 0 Å². The lowest BCUT2D eigenvalue weighted by atomic mass is 9.77. The van der Waals surface area contributed by atoms with Crippen LogP contribution in [-0.4, -0.2) is 0 Å². The fourth-order valence-corrected chi connectivity index (χ4v) is 2.98. The molecular weight excluding hydrogens is 258 g/mol. The van der Waals surface area contributed by atoms with Crippen LogP contribution in [0.2, 0.25) is 0 Å². The first kappa shape index (κ1) is 15.0. The second kappa shape index (κ2) is 6.87. The quantitative estimate of drug-likeness (QED) is 0.656. The zero-order chi connectivity index (χ0) is 14.5. The molecule has 0 radical (unpaired) electrons. The van der Waals surface area contributed by atoms with Crippen molar-refractivity contribution in [1.82, 2.24) is 0 Å². The van der Waals surface area contributed by atoms with Crippen LogP contribution in [-0.2, 0) is 0 Å². The van der Waals surface area contributed by atoms with E-state index in [1.54, 1.807) is 19.1 Å². The van der Waals surface area contributed by atoms with Gasteiger partial charge in [-0.2, -0.15) is 4.39 Å². The molecule has 0 aromatic heterocycles. The van der Waals surface area contributed by atoms with Crippen molar-refractivity contribution >= 4 is 0 Å². The zero-order valence-corrected chi connectivity index (χ0v) is 12.2. The molecule has 20 heavy (non-hydrogen) atoms. The highest BCUT2D eigenvalue weighted by atomic mass is 19.2.